The summed E-state index contributed by atoms with van der Waals surface area (Å²) in [5, 5.41) is 34.8. The molecule has 3 amide bonds. The first-order valence-electron chi connectivity index (χ1n) is 21.4. The van der Waals surface area contributed by atoms with Gasteiger partial charge in [0.25, 0.3) is 0 Å². The van der Waals surface area contributed by atoms with Crippen molar-refractivity contribution in [1.29, 1.82) is 5.26 Å². The number of ether oxygens (including phenoxy) is 1. The Kier molecular flexibility index (Phi) is 8.43. The van der Waals surface area contributed by atoms with E-state index in [-0.39, 0.29) is 42.1 Å². The third-order valence-electron chi connectivity index (χ3n) is 16.4. The van der Waals surface area contributed by atoms with Crippen molar-refractivity contribution in [2.75, 3.05) is 0 Å². The number of rotatable bonds is 7. The van der Waals surface area contributed by atoms with Gasteiger partial charge in [-0.3, -0.25) is 19.3 Å². The molecule has 0 spiro atoms. The molecular weight excluding hydrogens is 709 g/mol. The van der Waals surface area contributed by atoms with Crippen LogP contribution in [-0.2, 0) is 20.9 Å². The molecule has 12 aliphatic rings. The number of hydrogen-bond donors (Lipinski definition) is 4. The van der Waals surface area contributed by atoms with Crippen LogP contribution in [0.1, 0.15) is 108 Å². The smallest absolute Gasteiger partial charge is 0.408 e. The summed E-state index contributed by atoms with van der Waals surface area (Å²) in [6.45, 7) is 7.51. The highest BCUT2D eigenvalue weighted by molar-refractivity contribution is 5.88. The minimum absolute atomic E-state index is 0.0125. The normalized spacial score (nSPS) is 46.0. The zero-order valence-corrected chi connectivity index (χ0v) is 32.2. The first kappa shape index (κ1) is 36.6. The number of hydrogen-bond acceptors (Lipinski definition) is 8. The fourth-order valence-corrected chi connectivity index (χ4v) is 14.9. The summed E-state index contributed by atoms with van der Waals surface area (Å²) in [5.74, 6) is 2.60. The number of nitrogens with two attached hydrogens (primary N) is 1. The van der Waals surface area contributed by atoms with Gasteiger partial charge in [-0.1, -0.05) is 30.3 Å². The molecule has 12 fully saturated rings. The molecule has 2 saturated heterocycles. The Labute approximate surface area is 329 Å². The van der Waals surface area contributed by atoms with Gasteiger partial charge in [-0.2, -0.15) is 5.26 Å². The molecule has 56 heavy (non-hydrogen) atoms. The van der Waals surface area contributed by atoms with Crippen molar-refractivity contribution < 1.29 is 29.3 Å². The molecule has 0 aromatic heterocycles. The van der Waals surface area contributed by atoms with E-state index in [1.165, 1.54) is 6.42 Å². The maximum atomic E-state index is 14.0. The van der Waals surface area contributed by atoms with Gasteiger partial charge in [-0.15, -0.1) is 0 Å². The van der Waals surface area contributed by atoms with Crippen molar-refractivity contribution in [3.63, 3.8) is 0 Å². The topological polar surface area (TPSA) is 174 Å². The molecule has 10 saturated carbocycles. The minimum Gasteiger partial charge on any atom is -0.445 e. The Morgan fingerprint density at radius 1 is 0.821 bits per heavy atom. The van der Waals surface area contributed by atoms with E-state index < -0.39 is 40.8 Å². The summed E-state index contributed by atoms with van der Waals surface area (Å²) in [5.41, 5.74) is 5.38. The van der Waals surface area contributed by atoms with Gasteiger partial charge in [0.1, 0.15) is 18.7 Å². The highest BCUT2D eigenvalue weighted by Gasteiger charge is 2.65. The molecule has 12 nitrogen and oxygen atoms in total. The van der Waals surface area contributed by atoms with Gasteiger partial charge in [-0.05, 0) is 143 Å². The molecule has 12 atom stereocenters. The van der Waals surface area contributed by atoms with E-state index in [0.29, 0.717) is 48.3 Å². The molecule has 13 rings (SSSR count). The molecule has 8 bridgehead atoms. The number of likely N-dealkylation sites (tertiary alicyclic amines) is 2. The Morgan fingerprint density at radius 3 is 1.95 bits per heavy atom. The first-order valence-corrected chi connectivity index (χ1v) is 21.4. The van der Waals surface area contributed by atoms with Crippen LogP contribution >= 0.6 is 0 Å². The second-order valence-corrected chi connectivity index (χ2v) is 20.6. The zero-order chi connectivity index (χ0) is 38.8. The summed E-state index contributed by atoms with van der Waals surface area (Å²) in [7, 11) is 0. The van der Waals surface area contributed by atoms with Crippen LogP contribution in [0.5, 0.6) is 0 Å². The van der Waals surface area contributed by atoms with E-state index in [9.17, 15) is 29.9 Å². The van der Waals surface area contributed by atoms with Gasteiger partial charge in [-0.25, -0.2) is 11.4 Å². The third-order valence-corrected chi connectivity index (χ3v) is 16.4. The Hall–Kier alpha value is -3.71. The van der Waals surface area contributed by atoms with Crippen LogP contribution in [0.3, 0.4) is 0 Å². The van der Waals surface area contributed by atoms with Crippen LogP contribution in [0.4, 0.5) is 4.79 Å². The highest BCUT2D eigenvalue weighted by atomic mass is 16.5. The molecule has 1 aromatic carbocycles. The second kappa shape index (κ2) is 12.9. The number of piperidine rings is 2. The van der Waals surface area contributed by atoms with Crippen molar-refractivity contribution >= 4 is 17.9 Å². The standard InChI is InChI=1S/C26H31N3O4.C18H25N3O2/c27-13-20-7-19-8-21(19)29(20)23(30)22(28-24(31)33-14-16-4-2-1-3-5-16)25-9-17-6-18(10-25)12-26(32,11-17)15-25;1-20-14-4-12-3-13(12)21(14)16(22)15(19)17-5-10-2-11(6-17)8-18(23,7-10)9-17/h1-5,17-22,32H,6-12,14-15H2,(H,28,31);10-15,23H,2-9,19H2/t17?,18?,19-,20+,21+,22-,25?,26?;10?,11?,12-,13-,14-,15+,17?,18?/m10/s1. The van der Waals surface area contributed by atoms with Crippen LogP contribution < -0.4 is 11.1 Å². The molecule has 4 unspecified atom stereocenters. The Balaban J connectivity index is 0.000000146. The van der Waals surface area contributed by atoms with Gasteiger partial charge in [0.15, 0.2) is 0 Å². The Morgan fingerprint density at radius 2 is 1.38 bits per heavy atom. The largest absolute Gasteiger partial charge is 0.445 e. The van der Waals surface area contributed by atoms with Gasteiger partial charge >= 0.3 is 12.3 Å². The fraction of sp³-hybridized carbons (Fsp3) is 0.750. The summed E-state index contributed by atoms with van der Waals surface area (Å²) in [6.07, 6.45) is 13.2. The van der Waals surface area contributed by atoms with E-state index in [1.807, 2.05) is 35.2 Å². The molecular formula is C44H56N6O6. The number of carbonyl (C=O) groups excluding carboxylic acids is 3. The molecule has 1 aromatic rings. The van der Waals surface area contributed by atoms with E-state index in [1.54, 1.807) is 4.90 Å². The van der Waals surface area contributed by atoms with Crippen molar-refractivity contribution in [3.8, 4) is 6.07 Å². The van der Waals surface area contributed by atoms with Crippen molar-refractivity contribution in [2.24, 2.45) is 52.1 Å². The van der Waals surface area contributed by atoms with Gasteiger partial charge in [0, 0.05) is 23.9 Å². The maximum Gasteiger partial charge on any atom is 0.408 e. The zero-order valence-electron chi connectivity index (χ0n) is 32.2. The average Bonchev–Trinajstić information content (AvgIpc) is 4.03. The maximum absolute atomic E-state index is 14.0. The fourth-order valence-electron chi connectivity index (χ4n) is 14.9. The molecule has 10 aliphatic carbocycles. The third kappa shape index (κ3) is 6.12. The van der Waals surface area contributed by atoms with Crippen molar-refractivity contribution in [3.05, 3.63) is 47.3 Å². The monoisotopic (exact) mass is 764 g/mol. The summed E-state index contributed by atoms with van der Waals surface area (Å²) < 4.78 is 5.50. The van der Waals surface area contributed by atoms with E-state index >= 15 is 0 Å². The lowest BCUT2D eigenvalue weighted by atomic mass is 9.46. The quantitative estimate of drug-likeness (QED) is 0.291. The summed E-state index contributed by atoms with van der Waals surface area (Å²) >= 11 is 0. The highest BCUT2D eigenvalue weighted by Crippen LogP contribution is 2.65. The van der Waals surface area contributed by atoms with Crippen LogP contribution in [0, 0.1) is 64.2 Å². The van der Waals surface area contributed by atoms with Gasteiger partial charge in [0.2, 0.25) is 11.8 Å². The second-order valence-electron chi connectivity index (χ2n) is 20.6. The van der Waals surface area contributed by atoms with E-state index in [0.717, 1.165) is 89.0 Å². The number of nitrogens with one attached hydrogen (secondary N) is 1. The van der Waals surface area contributed by atoms with Crippen LogP contribution in [0.15, 0.2) is 30.3 Å². The van der Waals surface area contributed by atoms with Crippen LogP contribution in [-0.4, -0.2) is 85.5 Å². The number of benzene rings is 1. The van der Waals surface area contributed by atoms with Gasteiger partial charge in [0.05, 0.1) is 23.3 Å². The summed E-state index contributed by atoms with van der Waals surface area (Å²) in [6, 6.07) is 10.4. The SMILES string of the molecule is N#C[C@@H]1C[C@@H]2C[C@@H]2N1C(=O)[C@@H](NC(=O)OCc1ccccc1)C12CC3CC(CC(O)(C3)C1)C2.[C-]#[N+][C@@H]1C[C@@H]2C[C@@H]2N1C(=O)[C@@H](N)C12CC3CC(CC(O)(C3)C1)C2. The average molecular weight is 765 g/mol. The predicted octanol–water partition coefficient (Wildman–Crippen LogP) is 4.64. The van der Waals surface area contributed by atoms with E-state index in [2.05, 4.69) is 16.2 Å². The molecule has 0 radical (unpaired) electrons. The minimum atomic E-state index is -0.770. The lowest BCUT2D eigenvalue weighted by Gasteiger charge is -2.62. The molecule has 2 aliphatic heterocycles. The van der Waals surface area contributed by atoms with E-state index in [4.69, 9.17) is 17.0 Å². The molecule has 2 heterocycles. The van der Waals surface area contributed by atoms with Crippen LogP contribution in [0.2, 0.25) is 0 Å². The molecule has 298 valence electrons. The van der Waals surface area contributed by atoms with Crippen molar-refractivity contribution in [2.45, 2.75) is 157 Å². The summed E-state index contributed by atoms with van der Waals surface area (Å²) in [4.78, 5) is 47.3. The molecule has 12 heteroatoms. The predicted molar refractivity (Wildman–Crippen MR) is 202 cm³/mol. The first-order chi connectivity index (χ1) is 26.8. The number of carbonyl (C=O) groups is 3. The molecule has 5 N–H and O–H groups in total. The van der Waals surface area contributed by atoms with Gasteiger partial charge < -0.3 is 30.9 Å². The van der Waals surface area contributed by atoms with Crippen molar-refractivity contribution in [1.82, 2.24) is 15.1 Å². The number of nitriles is 1. The lowest BCUT2D eigenvalue weighted by molar-refractivity contribution is -0.180. The lowest BCUT2D eigenvalue weighted by Crippen LogP contribution is -2.66. The number of aliphatic hydroxyl groups is 2. The number of amides is 3. The van der Waals surface area contributed by atoms with Crippen LogP contribution in [0.25, 0.3) is 4.85 Å². The Bertz CT molecular complexity index is 1850. The number of alkyl carbamates (subject to hydrolysis) is 1. The number of nitrogens with zero attached hydrogens (tertiary/aromatic N) is 4. The number of fused-ring (bicyclic) bond motifs is 2.